The van der Waals surface area contributed by atoms with Crippen molar-refractivity contribution in [1.82, 2.24) is 19.6 Å². The van der Waals surface area contributed by atoms with Crippen molar-refractivity contribution in [2.45, 2.75) is 46.2 Å². The molecular weight excluding hydrogens is 318 g/mol. The number of aryl methyl sites for hydroxylation is 4. The first-order chi connectivity index (χ1) is 9.47. The summed E-state index contributed by atoms with van der Waals surface area (Å²) in [6.45, 7) is 7.05. The highest BCUT2D eigenvalue weighted by molar-refractivity contribution is 9.10. The number of hydrogen-bond acceptors (Lipinski definition) is 3. The van der Waals surface area contributed by atoms with Gasteiger partial charge in [0.1, 0.15) is 0 Å². The Bertz CT molecular complexity index is 599. The van der Waals surface area contributed by atoms with Crippen molar-refractivity contribution in [2.24, 2.45) is 12.8 Å². The zero-order valence-electron chi connectivity index (χ0n) is 12.5. The number of nitrogens with zero attached hydrogens (tertiary/aromatic N) is 4. The highest BCUT2D eigenvalue weighted by Gasteiger charge is 2.19. The number of rotatable bonds is 5. The van der Waals surface area contributed by atoms with Crippen LogP contribution in [0.4, 0.5) is 0 Å². The molecule has 0 aliphatic heterocycles. The first-order valence-electron chi connectivity index (χ1n) is 6.98. The summed E-state index contributed by atoms with van der Waals surface area (Å²) in [7, 11) is 1.94. The van der Waals surface area contributed by atoms with Gasteiger partial charge in [0.2, 0.25) is 0 Å². The Labute approximate surface area is 128 Å². The van der Waals surface area contributed by atoms with Gasteiger partial charge in [0.25, 0.3) is 0 Å². The molecule has 0 fully saturated rings. The predicted octanol–water partition coefficient (Wildman–Crippen LogP) is 2.51. The molecule has 1 unspecified atom stereocenters. The van der Waals surface area contributed by atoms with Gasteiger partial charge in [0, 0.05) is 20.0 Å². The third kappa shape index (κ3) is 2.81. The zero-order valence-corrected chi connectivity index (χ0v) is 14.1. The van der Waals surface area contributed by atoms with Crippen molar-refractivity contribution in [3.63, 3.8) is 0 Å². The van der Waals surface area contributed by atoms with Crippen LogP contribution in [0.15, 0.2) is 10.5 Å². The molecule has 2 aromatic rings. The van der Waals surface area contributed by atoms with E-state index < -0.39 is 0 Å². The number of nitrogens with two attached hydrogens (primary N) is 1. The van der Waals surface area contributed by atoms with E-state index in [4.69, 9.17) is 5.73 Å². The molecule has 2 N–H and O–H groups in total. The average molecular weight is 340 g/mol. The summed E-state index contributed by atoms with van der Waals surface area (Å²) in [5.74, 6) is 0. The molecule has 110 valence electrons. The van der Waals surface area contributed by atoms with Gasteiger partial charge in [-0.15, -0.1) is 0 Å². The van der Waals surface area contributed by atoms with Crippen LogP contribution in [0, 0.1) is 6.92 Å². The van der Waals surface area contributed by atoms with Crippen LogP contribution >= 0.6 is 15.9 Å². The van der Waals surface area contributed by atoms with Gasteiger partial charge in [0.15, 0.2) is 0 Å². The maximum Gasteiger partial charge on any atom is 0.0766 e. The fraction of sp³-hybridized carbons (Fsp3) is 0.571. The SMILES string of the molecule is CCc1nn(CC)c(CC(N)c2cc(C)nn2C)c1Br. The van der Waals surface area contributed by atoms with Gasteiger partial charge in [-0.1, -0.05) is 6.92 Å². The lowest BCUT2D eigenvalue weighted by atomic mass is 10.1. The molecule has 0 aromatic carbocycles. The van der Waals surface area contributed by atoms with Crippen molar-refractivity contribution < 1.29 is 0 Å². The minimum absolute atomic E-state index is 0.0794. The lowest BCUT2D eigenvalue weighted by molar-refractivity contribution is 0.561. The monoisotopic (exact) mass is 339 g/mol. The van der Waals surface area contributed by atoms with E-state index in [-0.39, 0.29) is 6.04 Å². The van der Waals surface area contributed by atoms with Gasteiger partial charge >= 0.3 is 0 Å². The predicted molar refractivity (Wildman–Crippen MR) is 83.6 cm³/mol. The van der Waals surface area contributed by atoms with Crippen LogP contribution in [0.5, 0.6) is 0 Å². The maximum absolute atomic E-state index is 6.36. The molecule has 2 aromatic heterocycles. The number of hydrogen-bond donors (Lipinski definition) is 1. The molecule has 5 nitrogen and oxygen atoms in total. The van der Waals surface area contributed by atoms with E-state index in [0.29, 0.717) is 0 Å². The lowest BCUT2D eigenvalue weighted by Crippen LogP contribution is -2.19. The molecular formula is C14H22BrN5. The van der Waals surface area contributed by atoms with Crippen LogP contribution in [-0.4, -0.2) is 19.6 Å². The summed E-state index contributed by atoms with van der Waals surface area (Å²) < 4.78 is 4.99. The Morgan fingerprint density at radius 2 is 2.05 bits per heavy atom. The Morgan fingerprint density at radius 1 is 1.35 bits per heavy atom. The third-order valence-electron chi connectivity index (χ3n) is 3.53. The summed E-state index contributed by atoms with van der Waals surface area (Å²) >= 11 is 3.67. The molecule has 0 saturated heterocycles. The molecule has 20 heavy (non-hydrogen) atoms. The molecule has 0 amide bonds. The first kappa shape index (κ1) is 15.3. The van der Waals surface area contributed by atoms with E-state index in [9.17, 15) is 0 Å². The third-order valence-corrected chi connectivity index (χ3v) is 4.44. The molecule has 6 heteroatoms. The van der Waals surface area contributed by atoms with Crippen LogP contribution in [0.3, 0.4) is 0 Å². The van der Waals surface area contributed by atoms with Crippen LogP contribution in [0.1, 0.15) is 42.7 Å². The largest absolute Gasteiger partial charge is 0.322 e. The first-order valence-corrected chi connectivity index (χ1v) is 7.77. The molecule has 0 spiro atoms. The second-order valence-corrected chi connectivity index (χ2v) is 5.81. The van der Waals surface area contributed by atoms with Crippen molar-refractivity contribution in [1.29, 1.82) is 0 Å². The molecule has 2 rings (SSSR count). The van der Waals surface area contributed by atoms with Crippen molar-refractivity contribution in [2.75, 3.05) is 0 Å². The van der Waals surface area contributed by atoms with Crippen LogP contribution in [-0.2, 0) is 26.4 Å². The summed E-state index contributed by atoms with van der Waals surface area (Å²) in [4.78, 5) is 0. The normalized spacial score (nSPS) is 12.9. The van der Waals surface area contributed by atoms with E-state index in [1.807, 2.05) is 29.4 Å². The molecule has 0 bridgehead atoms. The van der Waals surface area contributed by atoms with Crippen LogP contribution < -0.4 is 5.73 Å². The van der Waals surface area contributed by atoms with Gasteiger partial charge in [0.05, 0.1) is 33.3 Å². The Hall–Kier alpha value is -1.14. The van der Waals surface area contributed by atoms with Gasteiger partial charge in [-0.25, -0.2) is 0 Å². The Balaban J connectivity index is 2.29. The Kier molecular flexibility index (Phi) is 4.65. The quantitative estimate of drug-likeness (QED) is 0.910. The van der Waals surface area contributed by atoms with Gasteiger partial charge in [-0.2, -0.15) is 10.2 Å². The minimum atomic E-state index is -0.0794. The molecule has 0 saturated carbocycles. The highest BCUT2D eigenvalue weighted by Crippen LogP contribution is 2.26. The standard InChI is InChI=1S/C14H22BrN5/c1-5-11-14(15)13(20(6-2)18-11)8-10(16)12-7-9(3)17-19(12)4/h7,10H,5-6,8,16H2,1-4H3. The summed E-state index contributed by atoms with van der Waals surface area (Å²) in [6.07, 6.45) is 1.67. The van der Waals surface area contributed by atoms with Crippen molar-refractivity contribution in [3.8, 4) is 0 Å². The summed E-state index contributed by atoms with van der Waals surface area (Å²) in [5.41, 5.74) is 10.7. The number of aromatic nitrogens is 4. The lowest BCUT2D eigenvalue weighted by Gasteiger charge is -2.13. The van der Waals surface area contributed by atoms with Gasteiger partial charge < -0.3 is 5.73 Å². The maximum atomic E-state index is 6.36. The minimum Gasteiger partial charge on any atom is -0.322 e. The van der Waals surface area contributed by atoms with E-state index >= 15 is 0 Å². The van der Waals surface area contributed by atoms with Gasteiger partial charge in [-0.05, 0) is 42.3 Å². The smallest absolute Gasteiger partial charge is 0.0766 e. The molecule has 0 aliphatic carbocycles. The Morgan fingerprint density at radius 3 is 2.55 bits per heavy atom. The van der Waals surface area contributed by atoms with Crippen LogP contribution in [0.2, 0.25) is 0 Å². The van der Waals surface area contributed by atoms with Crippen molar-refractivity contribution in [3.05, 3.63) is 33.3 Å². The fourth-order valence-electron chi connectivity index (χ4n) is 2.50. The molecule has 0 radical (unpaired) electrons. The second kappa shape index (κ2) is 6.10. The highest BCUT2D eigenvalue weighted by atomic mass is 79.9. The molecule has 2 heterocycles. The van der Waals surface area contributed by atoms with Gasteiger partial charge in [-0.3, -0.25) is 9.36 Å². The van der Waals surface area contributed by atoms with Crippen LogP contribution in [0.25, 0.3) is 0 Å². The van der Waals surface area contributed by atoms with E-state index in [1.54, 1.807) is 0 Å². The molecule has 1 atom stereocenters. The average Bonchev–Trinajstić information content (AvgIpc) is 2.90. The second-order valence-electron chi connectivity index (χ2n) is 5.02. The van der Waals surface area contributed by atoms with E-state index in [0.717, 1.165) is 46.6 Å². The van der Waals surface area contributed by atoms with E-state index in [2.05, 4.69) is 40.0 Å². The topological polar surface area (TPSA) is 61.7 Å². The summed E-state index contributed by atoms with van der Waals surface area (Å²) in [6, 6.07) is 1.97. The summed E-state index contributed by atoms with van der Waals surface area (Å²) in [5, 5.41) is 8.98. The zero-order chi connectivity index (χ0) is 14.9. The molecule has 0 aliphatic rings. The number of halogens is 1. The van der Waals surface area contributed by atoms with Crippen molar-refractivity contribution >= 4 is 15.9 Å². The van der Waals surface area contributed by atoms with E-state index in [1.165, 1.54) is 0 Å². The fourth-order valence-corrected chi connectivity index (χ4v) is 3.23.